The minimum Gasteiger partial charge on any atom is -0.465 e. The summed E-state index contributed by atoms with van der Waals surface area (Å²) in [5.74, 6) is -0.567. The second kappa shape index (κ2) is 4.94. The molecule has 1 aromatic carbocycles. The molecule has 0 saturated heterocycles. The van der Waals surface area contributed by atoms with E-state index in [0.717, 1.165) is 0 Å². The molecule has 0 unspecified atom stereocenters. The fourth-order valence-corrected chi connectivity index (χ4v) is 1.40. The van der Waals surface area contributed by atoms with Crippen molar-refractivity contribution in [2.45, 2.75) is 13.3 Å². The average molecular weight is 227 g/mol. The molecule has 1 aromatic rings. The van der Waals surface area contributed by atoms with E-state index in [1.165, 1.54) is 25.3 Å². The fourth-order valence-electron chi connectivity index (χ4n) is 1.17. The van der Waals surface area contributed by atoms with Crippen LogP contribution in [-0.2, 0) is 4.74 Å². The van der Waals surface area contributed by atoms with Gasteiger partial charge < -0.3 is 4.74 Å². The van der Waals surface area contributed by atoms with Crippen molar-refractivity contribution in [3.63, 3.8) is 0 Å². The molecule has 4 heteroatoms. The largest absolute Gasteiger partial charge is 0.465 e. The van der Waals surface area contributed by atoms with Crippen LogP contribution in [0, 0.1) is 0 Å². The molecule has 0 heterocycles. The molecule has 0 amide bonds. The molecule has 15 heavy (non-hydrogen) atoms. The maximum absolute atomic E-state index is 11.5. The minimum atomic E-state index is -0.475. The number of carbonyl (C=O) groups excluding carboxylic acids is 2. The lowest BCUT2D eigenvalue weighted by atomic mass is 10.1. The molecule has 80 valence electrons. The van der Waals surface area contributed by atoms with Crippen molar-refractivity contribution in [3.05, 3.63) is 34.3 Å². The van der Waals surface area contributed by atoms with Crippen LogP contribution < -0.4 is 0 Å². The molecule has 0 spiro atoms. The molecule has 1 rings (SSSR count). The number of halogens is 1. The van der Waals surface area contributed by atoms with Crippen LogP contribution in [0.15, 0.2) is 18.2 Å². The van der Waals surface area contributed by atoms with E-state index in [1.807, 2.05) is 0 Å². The number of methoxy groups -OCH3 is 1. The van der Waals surface area contributed by atoms with E-state index in [0.29, 0.717) is 22.6 Å². The highest BCUT2D eigenvalue weighted by atomic mass is 35.5. The molecule has 0 atom stereocenters. The van der Waals surface area contributed by atoms with Crippen molar-refractivity contribution in [2.24, 2.45) is 0 Å². The molecule has 0 N–H and O–H groups in total. The highest BCUT2D eigenvalue weighted by molar-refractivity contribution is 6.34. The summed E-state index contributed by atoms with van der Waals surface area (Å²) in [4.78, 5) is 22.7. The molecular formula is C11H11ClO3. The van der Waals surface area contributed by atoms with Gasteiger partial charge in [0, 0.05) is 12.0 Å². The number of ether oxygens (including phenoxy) is 1. The van der Waals surface area contributed by atoms with Crippen LogP contribution in [0.1, 0.15) is 34.1 Å². The number of hydrogen-bond donors (Lipinski definition) is 0. The van der Waals surface area contributed by atoms with Gasteiger partial charge in [-0.05, 0) is 18.2 Å². The lowest BCUT2D eigenvalue weighted by Crippen LogP contribution is -2.05. The molecule has 0 aliphatic rings. The molecule has 0 bridgehead atoms. The molecule has 0 aliphatic carbocycles. The van der Waals surface area contributed by atoms with E-state index < -0.39 is 5.97 Å². The molecule has 0 aliphatic heterocycles. The first kappa shape index (κ1) is 11.7. The van der Waals surface area contributed by atoms with Crippen LogP contribution in [0.2, 0.25) is 5.02 Å². The van der Waals surface area contributed by atoms with Crippen molar-refractivity contribution in [3.8, 4) is 0 Å². The quantitative estimate of drug-likeness (QED) is 0.588. The van der Waals surface area contributed by atoms with Gasteiger partial charge in [0.05, 0.1) is 17.7 Å². The molecule has 3 nitrogen and oxygen atoms in total. The minimum absolute atomic E-state index is 0.0919. The van der Waals surface area contributed by atoms with E-state index in [4.69, 9.17) is 11.6 Å². The van der Waals surface area contributed by atoms with Crippen molar-refractivity contribution >= 4 is 23.4 Å². The maximum atomic E-state index is 11.5. The third-order valence-corrected chi connectivity index (χ3v) is 2.34. The number of esters is 1. The zero-order valence-corrected chi connectivity index (χ0v) is 9.30. The number of hydrogen-bond acceptors (Lipinski definition) is 3. The highest BCUT2D eigenvalue weighted by Crippen LogP contribution is 2.19. The van der Waals surface area contributed by atoms with E-state index >= 15 is 0 Å². The zero-order valence-electron chi connectivity index (χ0n) is 8.54. The van der Waals surface area contributed by atoms with Gasteiger partial charge in [0.15, 0.2) is 5.78 Å². The topological polar surface area (TPSA) is 43.4 Å². The normalized spacial score (nSPS) is 9.80. The monoisotopic (exact) mass is 226 g/mol. The lowest BCUT2D eigenvalue weighted by Gasteiger charge is -2.04. The molecule has 0 fully saturated rings. The number of rotatable bonds is 3. The predicted molar refractivity (Wildman–Crippen MR) is 57.4 cm³/mol. The van der Waals surface area contributed by atoms with Gasteiger partial charge in [-0.15, -0.1) is 0 Å². The highest BCUT2D eigenvalue weighted by Gasteiger charge is 2.12. The SMILES string of the molecule is CCC(=O)c1cc(C(=O)OC)ccc1Cl. The summed E-state index contributed by atoms with van der Waals surface area (Å²) in [5.41, 5.74) is 0.695. The second-order valence-corrected chi connectivity index (χ2v) is 3.37. The van der Waals surface area contributed by atoms with Gasteiger partial charge in [0.25, 0.3) is 0 Å². The molecule has 0 aromatic heterocycles. The smallest absolute Gasteiger partial charge is 0.337 e. The third kappa shape index (κ3) is 2.57. The zero-order chi connectivity index (χ0) is 11.4. The van der Waals surface area contributed by atoms with Gasteiger partial charge in [0.2, 0.25) is 0 Å². The lowest BCUT2D eigenvalue weighted by molar-refractivity contribution is 0.0600. The Labute approximate surface area is 93.0 Å². The van der Waals surface area contributed by atoms with Gasteiger partial charge in [-0.25, -0.2) is 4.79 Å². The Morgan fingerprint density at radius 2 is 2.07 bits per heavy atom. The first-order valence-electron chi connectivity index (χ1n) is 4.51. The Balaban J connectivity index is 3.16. The van der Waals surface area contributed by atoms with Crippen LogP contribution in [-0.4, -0.2) is 18.9 Å². The predicted octanol–water partition coefficient (Wildman–Crippen LogP) is 2.72. The summed E-state index contributed by atoms with van der Waals surface area (Å²) in [5, 5.41) is 0.356. The standard InChI is InChI=1S/C11H11ClO3/c1-3-10(13)8-6-7(11(14)15-2)4-5-9(8)12/h4-6H,3H2,1-2H3. The maximum Gasteiger partial charge on any atom is 0.337 e. The van der Waals surface area contributed by atoms with Crippen molar-refractivity contribution in [1.82, 2.24) is 0 Å². The molecular weight excluding hydrogens is 216 g/mol. The van der Waals surface area contributed by atoms with Crippen LogP contribution in [0.4, 0.5) is 0 Å². The summed E-state index contributed by atoms with van der Waals surface area (Å²) in [6, 6.07) is 4.51. The van der Waals surface area contributed by atoms with Crippen molar-refractivity contribution in [1.29, 1.82) is 0 Å². The Morgan fingerprint density at radius 1 is 1.40 bits per heavy atom. The third-order valence-electron chi connectivity index (χ3n) is 2.01. The summed E-state index contributed by atoms with van der Waals surface area (Å²) in [7, 11) is 1.29. The van der Waals surface area contributed by atoms with Crippen LogP contribution in [0.25, 0.3) is 0 Å². The Kier molecular flexibility index (Phi) is 3.86. The molecule has 0 radical (unpaired) electrons. The number of benzene rings is 1. The summed E-state index contributed by atoms with van der Waals surface area (Å²) in [6.07, 6.45) is 0.352. The summed E-state index contributed by atoms with van der Waals surface area (Å²) in [6.45, 7) is 1.74. The van der Waals surface area contributed by atoms with E-state index in [1.54, 1.807) is 6.92 Å². The Bertz CT molecular complexity index is 399. The van der Waals surface area contributed by atoms with Gasteiger partial charge in [-0.1, -0.05) is 18.5 Å². The Morgan fingerprint density at radius 3 is 2.60 bits per heavy atom. The van der Waals surface area contributed by atoms with Crippen molar-refractivity contribution in [2.75, 3.05) is 7.11 Å². The molecule has 0 saturated carbocycles. The van der Waals surface area contributed by atoms with E-state index in [-0.39, 0.29) is 5.78 Å². The van der Waals surface area contributed by atoms with Crippen LogP contribution >= 0.6 is 11.6 Å². The average Bonchev–Trinajstić information content (AvgIpc) is 2.27. The van der Waals surface area contributed by atoms with Gasteiger partial charge >= 0.3 is 5.97 Å². The van der Waals surface area contributed by atoms with Crippen LogP contribution in [0.3, 0.4) is 0 Å². The fraction of sp³-hybridized carbons (Fsp3) is 0.273. The van der Waals surface area contributed by atoms with Crippen molar-refractivity contribution < 1.29 is 14.3 Å². The van der Waals surface area contributed by atoms with Gasteiger partial charge in [-0.2, -0.15) is 0 Å². The first-order valence-corrected chi connectivity index (χ1v) is 4.89. The van der Waals surface area contributed by atoms with E-state index in [9.17, 15) is 9.59 Å². The Hall–Kier alpha value is -1.35. The summed E-state index contributed by atoms with van der Waals surface area (Å²) < 4.78 is 4.55. The number of carbonyl (C=O) groups is 2. The van der Waals surface area contributed by atoms with E-state index in [2.05, 4.69) is 4.74 Å². The second-order valence-electron chi connectivity index (χ2n) is 2.96. The van der Waals surface area contributed by atoms with Gasteiger partial charge in [0.1, 0.15) is 0 Å². The van der Waals surface area contributed by atoms with Crippen LogP contribution in [0.5, 0.6) is 0 Å². The van der Waals surface area contributed by atoms with Gasteiger partial charge in [-0.3, -0.25) is 4.79 Å². The number of ketones is 1. The first-order chi connectivity index (χ1) is 7.10. The number of Topliss-reactive ketones (excluding diaryl/α,β-unsaturated/α-hetero) is 1. The summed E-state index contributed by atoms with van der Waals surface area (Å²) >= 11 is 5.84.